The Labute approximate surface area is 137 Å². The number of aliphatic hydroxyl groups is 1. The Morgan fingerprint density at radius 1 is 1.13 bits per heavy atom. The van der Waals surface area contributed by atoms with E-state index in [0.717, 1.165) is 32.4 Å². The van der Waals surface area contributed by atoms with Crippen LogP contribution >= 0.6 is 0 Å². The fourth-order valence-corrected chi connectivity index (χ4v) is 3.14. The average Bonchev–Trinajstić information content (AvgIpc) is 2.61. The Balaban J connectivity index is 1.47. The Morgan fingerprint density at radius 2 is 1.87 bits per heavy atom. The Hall–Kier alpha value is -2.07. The van der Waals surface area contributed by atoms with E-state index in [1.165, 1.54) is 16.3 Å². The standard InChI is InChI=1S/C19H24N2O2/c22-14-16-8-11-21(12-9-16)19(23)20-10-7-15-5-6-17-3-1-2-4-18(17)13-15/h1-6,13,16,22H,7-12,14H2,(H,20,23). The number of nitrogens with zero attached hydrogens (tertiary/aromatic N) is 1. The first-order valence-electron chi connectivity index (χ1n) is 8.37. The van der Waals surface area contributed by atoms with Crippen LogP contribution in [-0.2, 0) is 6.42 Å². The van der Waals surface area contributed by atoms with Gasteiger partial charge in [-0.3, -0.25) is 0 Å². The first kappa shape index (κ1) is 15.8. The van der Waals surface area contributed by atoms with E-state index >= 15 is 0 Å². The molecule has 3 rings (SSSR count). The van der Waals surface area contributed by atoms with Crippen molar-refractivity contribution < 1.29 is 9.90 Å². The maximum absolute atomic E-state index is 12.1. The van der Waals surface area contributed by atoms with Gasteiger partial charge in [0, 0.05) is 26.2 Å². The van der Waals surface area contributed by atoms with Crippen molar-refractivity contribution in [2.24, 2.45) is 5.92 Å². The highest BCUT2D eigenvalue weighted by Gasteiger charge is 2.21. The molecule has 122 valence electrons. The summed E-state index contributed by atoms with van der Waals surface area (Å²) in [7, 11) is 0. The van der Waals surface area contributed by atoms with Gasteiger partial charge in [0.1, 0.15) is 0 Å². The van der Waals surface area contributed by atoms with E-state index in [-0.39, 0.29) is 12.6 Å². The molecule has 1 fully saturated rings. The smallest absolute Gasteiger partial charge is 0.317 e. The number of piperidine rings is 1. The minimum Gasteiger partial charge on any atom is -0.396 e. The van der Waals surface area contributed by atoms with Gasteiger partial charge in [0.2, 0.25) is 0 Å². The zero-order valence-corrected chi connectivity index (χ0v) is 13.4. The fraction of sp³-hybridized carbons (Fsp3) is 0.421. The van der Waals surface area contributed by atoms with E-state index in [0.29, 0.717) is 12.5 Å². The van der Waals surface area contributed by atoms with Crippen LogP contribution in [0.25, 0.3) is 10.8 Å². The summed E-state index contributed by atoms with van der Waals surface area (Å²) in [6.07, 6.45) is 2.63. The lowest BCUT2D eigenvalue weighted by molar-refractivity contribution is 0.137. The molecule has 0 unspecified atom stereocenters. The van der Waals surface area contributed by atoms with Crippen molar-refractivity contribution in [3.05, 3.63) is 48.0 Å². The first-order valence-corrected chi connectivity index (χ1v) is 8.37. The van der Waals surface area contributed by atoms with E-state index in [4.69, 9.17) is 5.11 Å². The third-order valence-corrected chi connectivity index (χ3v) is 4.66. The number of aliphatic hydroxyl groups excluding tert-OH is 1. The van der Waals surface area contributed by atoms with Gasteiger partial charge in [-0.1, -0.05) is 42.5 Å². The van der Waals surface area contributed by atoms with Crippen LogP contribution in [0.4, 0.5) is 4.79 Å². The molecule has 0 saturated carbocycles. The van der Waals surface area contributed by atoms with Crippen LogP contribution < -0.4 is 5.32 Å². The molecule has 0 atom stereocenters. The molecule has 4 heteroatoms. The third kappa shape index (κ3) is 4.02. The molecule has 4 nitrogen and oxygen atoms in total. The molecule has 2 amide bonds. The highest BCUT2D eigenvalue weighted by Crippen LogP contribution is 2.17. The van der Waals surface area contributed by atoms with E-state index < -0.39 is 0 Å². The normalized spacial score (nSPS) is 15.8. The molecule has 0 aromatic heterocycles. The zero-order chi connectivity index (χ0) is 16.1. The van der Waals surface area contributed by atoms with Crippen molar-refractivity contribution in [1.29, 1.82) is 0 Å². The summed E-state index contributed by atoms with van der Waals surface area (Å²) in [5.41, 5.74) is 1.24. The summed E-state index contributed by atoms with van der Waals surface area (Å²) < 4.78 is 0. The topological polar surface area (TPSA) is 52.6 Å². The molecule has 1 aliphatic heterocycles. The average molecular weight is 312 g/mol. The molecule has 1 aliphatic rings. The molecule has 2 aromatic rings. The van der Waals surface area contributed by atoms with Gasteiger partial charge in [0.15, 0.2) is 0 Å². The number of amides is 2. The largest absolute Gasteiger partial charge is 0.396 e. The predicted octanol–water partition coefficient (Wildman–Crippen LogP) is 2.80. The van der Waals surface area contributed by atoms with Crippen LogP contribution in [0.15, 0.2) is 42.5 Å². The second-order valence-corrected chi connectivity index (χ2v) is 6.28. The summed E-state index contributed by atoms with van der Waals surface area (Å²) in [6, 6.07) is 14.8. The number of carbonyl (C=O) groups is 1. The fourth-order valence-electron chi connectivity index (χ4n) is 3.14. The molecular weight excluding hydrogens is 288 g/mol. The lowest BCUT2D eigenvalue weighted by Crippen LogP contribution is -2.45. The summed E-state index contributed by atoms with van der Waals surface area (Å²) in [4.78, 5) is 14.0. The number of likely N-dealkylation sites (tertiary alicyclic amines) is 1. The molecule has 1 saturated heterocycles. The Kier molecular flexibility index (Phi) is 5.13. The van der Waals surface area contributed by atoms with Crippen LogP contribution in [0.1, 0.15) is 18.4 Å². The van der Waals surface area contributed by atoms with Gasteiger partial charge in [0.05, 0.1) is 0 Å². The van der Waals surface area contributed by atoms with Crippen LogP contribution in [0.2, 0.25) is 0 Å². The number of rotatable bonds is 4. The maximum Gasteiger partial charge on any atom is 0.317 e. The summed E-state index contributed by atoms with van der Waals surface area (Å²) in [5.74, 6) is 0.358. The Morgan fingerprint density at radius 3 is 2.61 bits per heavy atom. The van der Waals surface area contributed by atoms with Crippen LogP contribution in [0.3, 0.4) is 0 Å². The molecule has 23 heavy (non-hydrogen) atoms. The SMILES string of the molecule is O=C(NCCc1ccc2ccccc2c1)N1CCC(CO)CC1. The summed E-state index contributed by atoms with van der Waals surface area (Å²) in [6.45, 7) is 2.37. The van der Waals surface area contributed by atoms with Crippen LogP contribution in [0.5, 0.6) is 0 Å². The summed E-state index contributed by atoms with van der Waals surface area (Å²) >= 11 is 0. The van der Waals surface area contributed by atoms with Crippen molar-refractivity contribution in [2.45, 2.75) is 19.3 Å². The molecule has 0 radical (unpaired) electrons. The van der Waals surface area contributed by atoms with Gasteiger partial charge < -0.3 is 15.3 Å². The monoisotopic (exact) mass is 312 g/mol. The number of benzene rings is 2. The van der Waals surface area contributed by atoms with E-state index in [1.807, 2.05) is 17.0 Å². The highest BCUT2D eigenvalue weighted by molar-refractivity contribution is 5.83. The number of carbonyl (C=O) groups excluding carboxylic acids is 1. The molecule has 0 bridgehead atoms. The van der Waals surface area contributed by atoms with Gasteiger partial charge >= 0.3 is 6.03 Å². The van der Waals surface area contributed by atoms with Crippen molar-refractivity contribution in [3.8, 4) is 0 Å². The van der Waals surface area contributed by atoms with E-state index in [1.54, 1.807) is 0 Å². The van der Waals surface area contributed by atoms with Crippen molar-refractivity contribution in [1.82, 2.24) is 10.2 Å². The van der Waals surface area contributed by atoms with Gasteiger partial charge in [-0.2, -0.15) is 0 Å². The molecule has 0 aliphatic carbocycles. The van der Waals surface area contributed by atoms with Crippen LogP contribution in [0, 0.1) is 5.92 Å². The maximum atomic E-state index is 12.1. The summed E-state index contributed by atoms with van der Waals surface area (Å²) in [5, 5.41) is 14.6. The number of urea groups is 1. The minimum atomic E-state index is 0.0159. The van der Waals surface area contributed by atoms with Crippen LogP contribution in [-0.4, -0.2) is 42.3 Å². The van der Waals surface area contributed by atoms with E-state index in [2.05, 4.69) is 35.6 Å². The predicted molar refractivity (Wildman–Crippen MR) is 92.4 cm³/mol. The Bertz CT molecular complexity index is 663. The van der Waals surface area contributed by atoms with E-state index in [9.17, 15) is 4.79 Å². The second kappa shape index (κ2) is 7.47. The van der Waals surface area contributed by atoms with Gasteiger partial charge in [-0.15, -0.1) is 0 Å². The quantitative estimate of drug-likeness (QED) is 0.912. The van der Waals surface area contributed by atoms with Crippen molar-refractivity contribution in [3.63, 3.8) is 0 Å². The molecule has 1 heterocycles. The lowest BCUT2D eigenvalue weighted by atomic mass is 9.98. The number of hydrogen-bond donors (Lipinski definition) is 2. The molecule has 2 aromatic carbocycles. The second-order valence-electron chi connectivity index (χ2n) is 6.28. The van der Waals surface area contributed by atoms with Gasteiger partial charge in [0.25, 0.3) is 0 Å². The number of hydrogen-bond acceptors (Lipinski definition) is 2. The highest BCUT2D eigenvalue weighted by atomic mass is 16.3. The minimum absolute atomic E-state index is 0.0159. The molecular formula is C19H24N2O2. The first-order chi connectivity index (χ1) is 11.3. The lowest BCUT2D eigenvalue weighted by Gasteiger charge is -2.31. The van der Waals surface area contributed by atoms with Gasteiger partial charge in [-0.25, -0.2) is 4.79 Å². The molecule has 2 N–H and O–H groups in total. The molecule has 0 spiro atoms. The zero-order valence-electron chi connectivity index (χ0n) is 13.4. The number of nitrogens with one attached hydrogen (secondary N) is 1. The number of fused-ring (bicyclic) bond motifs is 1. The van der Waals surface area contributed by atoms with Crippen molar-refractivity contribution >= 4 is 16.8 Å². The van der Waals surface area contributed by atoms with Gasteiger partial charge in [-0.05, 0) is 41.5 Å². The van der Waals surface area contributed by atoms with Crippen molar-refractivity contribution in [2.75, 3.05) is 26.2 Å². The third-order valence-electron chi connectivity index (χ3n) is 4.66.